The largest absolute Gasteiger partial charge is 0.368 e. The van der Waals surface area contributed by atoms with Gasteiger partial charge in [0.2, 0.25) is 5.91 Å². The maximum atomic E-state index is 12.0. The van der Waals surface area contributed by atoms with Gasteiger partial charge < -0.3 is 16.0 Å². The third-order valence-corrected chi connectivity index (χ3v) is 5.15. The summed E-state index contributed by atoms with van der Waals surface area (Å²) in [6, 6.07) is 0.591. The number of carbonyl (C=O) groups excluding carboxylic acids is 1. The van der Waals surface area contributed by atoms with Crippen LogP contribution in [-0.4, -0.2) is 42.5 Å². The van der Waals surface area contributed by atoms with Gasteiger partial charge >= 0.3 is 0 Å². The molecule has 1 aliphatic rings. The summed E-state index contributed by atoms with van der Waals surface area (Å²) >= 11 is 0. The van der Waals surface area contributed by atoms with Crippen LogP contribution in [0.25, 0.3) is 0 Å². The fourth-order valence-electron chi connectivity index (χ4n) is 3.87. The van der Waals surface area contributed by atoms with Gasteiger partial charge in [0.25, 0.3) is 0 Å². The lowest BCUT2D eigenvalue weighted by molar-refractivity contribution is -0.126. The van der Waals surface area contributed by atoms with Crippen molar-refractivity contribution in [2.24, 2.45) is 17.6 Å². The second-order valence-electron chi connectivity index (χ2n) is 7.20. The van der Waals surface area contributed by atoms with E-state index in [0.717, 1.165) is 44.7 Å². The van der Waals surface area contributed by atoms with Crippen molar-refractivity contribution in [3.8, 4) is 0 Å². The van der Waals surface area contributed by atoms with E-state index < -0.39 is 5.54 Å². The van der Waals surface area contributed by atoms with Gasteiger partial charge in [0.05, 0.1) is 0 Å². The number of likely N-dealkylation sites (N-methyl/N-ethyl adjacent to an activating group) is 1. The fourth-order valence-corrected chi connectivity index (χ4v) is 3.87. The van der Waals surface area contributed by atoms with Crippen LogP contribution in [0.15, 0.2) is 0 Å². The predicted molar refractivity (Wildman–Crippen MR) is 89.1 cm³/mol. The van der Waals surface area contributed by atoms with E-state index in [0.29, 0.717) is 12.0 Å². The summed E-state index contributed by atoms with van der Waals surface area (Å²) in [6.07, 6.45) is 5.38. The van der Waals surface area contributed by atoms with Gasteiger partial charge in [0, 0.05) is 6.04 Å². The molecule has 1 aliphatic carbocycles. The van der Waals surface area contributed by atoms with Crippen molar-refractivity contribution in [1.29, 1.82) is 0 Å². The average Bonchev–Trinajstić information content (AvgIpc) is 2.79. The molecule has 4 heteroatoms. The van der Waals surface area contributed by atoms with Gasteiger partial charge in [-0.2, -0.15) is 0 Å². The molecule has 0 aromatic heterocycles. The SMILES string of the molecule is CCNC1(C(N)=O)CCCC1CCN(C)C(C)CC(C)C. The molecule has 0 spiro atoms. The number of nitrogens with two attached hydrogens (primary N) is 1. The van der Waals surface area contributed by atoms with Crippen molar-refractivity contribution in [2.45, 2.75) is 71.4 Å². The van der Waals surface area contributed by atoms with Crippen LogP contribution in [0.1, 0.15) is 59.8 Å². The zero-order chi connectivity index (χ0) is 16.0. The predicted octanol–water partition coefficient (Wildman–Crippen LogP) is 2.38. The Bertz CT molecular complexity index is 332. The van der Waals surface area contributed by atoms with Crippen molar-refractivity contribution >= 4 is 5.91 Å². The standard InChI is InChI=1S/C17H35N3O/c1-6-19-17(16(18)21)10-7-8-15(17)9-11-20(5)14(4)12-13(2)3/h13-15,19H,6-12H2,1-5H3,(H2,18,21). The summed E-state index contributed by atoms with van der Waals surface area (Å²) in [6.45, 7) is 10.7. The highest BCUT2D eigenvalue weighted by atomic mass is 16.1. The van der Waals surface area contributed by atoms with E-state index >= 15 is 0 Å². The quantitative estimate of drug-likeness (QED) is 0.687. The van der Waals surface area contributed by atoms with Gasteiger partial charge in [-0.05, 0) is 64.6 Å². The molecule has 1 fully saturated rings. The van der Waals surface area contributed by atoms with Crippen LogP contribution in [0.4, 0.5) is 0 Å². The summed E-state index contributed by atoms with van der Waals surface area (Å²) in [5.41, 5.74) is 5.26. The van der Waals surface area contributed by atoms with Crippen molar-refractivity contribution in [2.75, 3.05) is 20.1 Å². The number of hydrogen-bond acceptors (Lipinski definition) is 3. The van der Waals surface area contributed by atoms with Crippen LogP contribution in [-0.2, 0) is 4.79 Å². The maximum absolute atomic E-state index is 12.0. The topological polar surface area (TPSA) is 58.4 Å². The number of nitrogens with zero attached hydrogens (tertiary/aromatic N) is 1. The Balaban J connectivity index is 2.58. The number of carbonyl (C=O) groups is 1. The van der Waals surface area contributed by atoms with E-state index in [1.807, 2.05) is 0 Å². The van der Waals surface area contributed by atoms with E-state index in [-0.39, 0.29) is 5.91 Å². The third kappa shape index (κ3) is 4.68. The molecule has 3 unspecified atom stereocenters. The van der Waals surface area contributed by atoms with E-state index in [9.17, 15) is 4.79 Å². The normalized spacial score (nSPS) is 27.5. The molecule has 0 saturated heterocycles. The Morgan fingerprint density at radius 2 is 2.10 bits per heavy atom. The third-order valence-electron chi connectivity index (χ3n) is 5.15. The zero-order valence-electron chi connectivity index (χ0n) is 14.6. The first-order chi connectivity index (χ1) is 9.83. The second-order valence-corrected chi connectivity index (χ2v) is 7.20. The summed E-state index contributed by atoms with van der Waals surface area (Å²) in [4.78, 5) is 14.4. The molecule has 0 aromatic carbocycles. The van der Waals surface area contributed by atoms with E-state index in [1.165, 1.54) is 6.42 Å². The van der Waals surface area contributed by atoms with E-state index in [2.05, 4.69) is 45.0 Å². The Labute approximate surface area is 130 Å². The number of amides is 1. The molecular formula is C17H35N3O. The Morgan fingerprint density at radius 3 is 2.62 bits per heavy atom. The first kappa shape index (κ1) is 18.4. The number of hydrogen-bond donors (Lipinski definition) is 2. The molecule has 0 heterocycles. The summed E-state index contributed by atoms with van der Waals surface area (Å²) in [5, 5.41) is 3.40. The van der Waals surface area contributed by atoms with Crippen LogP contribution in [0, 0.1) is 11.8 Å². The minimum Gasteiger partial charge on any atom is -0.368 e. The average molecular weight is 297 g/mol. The number of rotatable bonds is 9. The molecule has 4 nitrogen and oxygen atoms in total. The Kier molecular flexibility index (Phi) is 7.14. The highest BCUT2D eigenvalue weighted by molar-refractivity contribution is 5.85. The lowest BCUT2D eigenvalue weighted by atomic mass is 9.83. The van der Waals surface area contributed by atoms with Gasteiger partial charge in [-0.15, -0.1) is 0 Å². The van der Waals surface area contributed by atoms with Crippen LogP contribution < -0.4 is 11.1 Å². The van der Waals surface area contributed by atoms with Gasteiger partial charge in [-0.25, -0.2) is 0 Å². The van der Waals surface area contributed by atoms with Gasteiger partial charge in [-0.3, -0.25) is 4.79 Å². The molecule has 0 radical (unpaired) electrons. The molecule has 1 saturated carbocycles. The molecule has 0 aromatic rings. The van der Waals surface area contributed by atoms with Crippen molar-refractivity contribution in [1.82, 2.24) is 10.2 Å². The number of nitrogens with one attached hydrogen (secondary N) is 1. The van der Waals surface area contributed by atoms with Crippen LogP contribution in [0.2, 0.25) is 0 Å². The molecule has 124 valence electrons. The minimum atomic E-state index is -0.461. The highest BCUT2D eigenvalue weighted by Crippen LogP contribution is 2.38. The molecule has 3 atom stereocenters. The van der Waals surface area contributed by atoms with Crippen LogP contribution in [0.3, 0.4) is 0 Å². The minimum absolute atomic E-state index is 0.162. The van der Waals surface area contributed by atoms with E-state index in [1.54, 1.807) is 0 Å². The van der Waals surface area contributed by atoms with E-state index in [4.69, 9.17) is 5.73 Å². The van der Waals surface area contributed by atoms with Crippen molar-refractivity contribution in [3.05, 3.63) is 0 Å². The highest BCUT2D eigenvalue weighted by Gasteiger charge is 2.46. The fraction of sp³-hybridized carbons (Fsp3) is 0.941. The van der Waals surface area contributed by atoms with Gasteiger partial charge in [-0.1, -0.05) is 27.2 Å². The smallest absolute Gasteiger partial charge is 0.238 e. The first-order valence-corrected chi connectivity index (χ1v) is 8.58. The molecule has 3 N–H and O–H groups in total. The van der Waals surface area contributed by atoms with Gasteiger partial charge in [0.15, 0.2) is 0 Å². The first-order valence-electron chi connectivity index (χ1n) is 8.58. The maximum Gasteiger partial charge on any atom is 0.238 e. The molecule has 21 heavy (non-hydrogen) atoms. The van der Waals surface area contributed by atoms with Crippen LogP contribution >= 0.6 is 0 Å². The molecule has 0 bridgehead atoms. The number of primary amides is 1. The van der Waals surface area contributed by atoms with Crippen molar-refractivity contribution < 1.29 is 4.79 Å². The Morgan fingerprint density at radius 1 is 1.43 bits per heavy atom. The summed E-state index contributed by atoms with van der Waals surface area (Å²) in [5.74, 6) is 0.939. The van der Waals surface area contributed by atoms with Gasteiger partial charge in [0.1, 0.15) is 5.54 Å². The molecular weight excluding hydrogens is 262 g/mol. The monoisotopic (exact) mass is 297 g/mol. The van der Waals surface area contributed by atoms with Crippen LogP contribution in [0.5, 0.6) is 0 Å². The summed E-state index contributed by atoms with van der Waals surface area (Å²) in [7, 11) is 2.20. The second kappa shape index (κ2) is 8.14. The molecule has 1 rings (SSSR count). The lowest BCUT2D eigenvalue weighted by Gasteiger charge is -2.35. The Hall–Kier alpha value is -0.610. The van der Waals surface area contributed by atoms with Crippen molar-refractivity contribution in [3.63, 3.8) is 0 Å². The zero-order valence-corrected chi connectivity index (χ0v) is 14.6. The lowest BCUT2D eigenvalue weighted by Crippen LogP contribution is -2.58. The molecule has 1 amide bonds. The molecule has 0 aliphatic heterocycles. The summed E-state index contributed by atoms with van der Waals surface area (Å²) < 4.78 is 0.